The lowest BCUT2D eigenvalue weighted by Gasteiger charge is -2.07. The van der Waals surface area contributed by atoms with Crippen molar-refractivity contribution in [3.05, 3.63) is 24.0 Å². The molecule has 2 rings (SSSR count). The molecule has 0 spiro atoms. The first kappa shape index (κ1) is 15.3. The molecule has 3 N–H and O–H groups in total. The molecule has 6 heteroatoms. The third-order valence-electron chi connectivity index (χ3n) is 3.23. The van der Waals surface area contributed by atoms with Gasteiger partial charge in [0.2, 0.25) is 5.91 Å². The summed E-state index contributed by atoms with van der Waals surface area (Å²) in [5.41, 5.74) is 1.29. The second kappa shape index (κ2) is 7.61. The Balaban J connectivity index is 1.68. The summed E-state index contributed by atoms with van der Waals surface area (Å²) in [5, 5.41) is 8.74. The second-order valence-electron chi connectivity index (χ2n) is 5.18. The lowest BCUT2D eigenvalue weighted by atomic mass is 10.3. The van der Waals surface area contributed by atoms with Crippen molar-refractivity contribution in [2.24, 2.45) is 5.92 Å². The van der Waals surface area contributed by atoms with E-state index in [-0.39, 0.29) is 17.7 Å². The Kier molecular flexibility index (Phi) is 5.54. The fraction of sp³-hybridized carbons (Fsp3) is 0.533. The van der Waals surface area contributed by atoms with E-state index in [1.807, 2.05) is 6.07 Å². The topological polar surface area (TPSA) is 83.1 Å². The third-order valence-corrected chi connectivity index (χ3v) is 3.23. The second-order valence-corrected chi connectivity index (χ2v) is 5.18. The van der Waals surface area contributed by atoms with Crippen molar-refractivity contribution in [1.29, 1.82) is 0 Å². The van der Waals surface area contributed by atoms with Crippen LogP contribution in [-0.2, 0) is 4.79 Å². The van der Waals surface area contributed by atoms with E-state index in [0.717, 1.165) is 31.5 Å². The molecule has 21 heavy (non-hydrogen) atoms. The normalized spacial score (nSPS) is 13.6. The number of pyridine rings is 1. The van der Waals surface area contributed by atoms with Gasteiger partial charge in [0, 0.05) is 25.6 Å². The van der Waals surface area contributed by atoms with Crippen molar-refractivity contribution < 1.29 is 9.59 Å². The number of hydrogen-bond acceptors (Lipinski definition) is 4. The van der Waals surface area contributed by atoms with Gasteiger partial charge in [0.25, 0.3) is 5.91 Å². The number of amides is 2. The zero-order valence-electron chi connectivity index (χ0n) is 12.3. The summed E-state index contributed by atoms with van der Waals surface area (Å²) >= 11 is 0. The van der Waals surface area contributed by atoms with E-state index < -0.39 is 0 Å². The molecule has 114 valence electrons. The maximum Gasteiger partial charge on any atom is 0.269 e. The monoisotopic (exact) mass is 290 g/mol. The Bertz CT molecular complexity index is 483. The fourth-order valence-corrected chi connectivity index (χ4v) is 1.84. The number of nitrogens with one attached hydrogen (secondary N) is 3. The Labute approximate surface area is 124 Å². The highest BCUT2D eigenvalue weighted by molar-refractivity contribution is 5.92. The molecule has 0 unspecified atom stereocenters. The summed E-state index contributed by atoms with van der Waals surface area (Å²) in [4.78, 5) is 27.4. The highest BCUT2D eigenvalue weighted by Gasteiger charge is 2.28. The Morgan fingerprint density at radius 1 is 1.19 bits per heavy atom. The largest absolute Gasteiger partial charge is 0.384 e. The lowest BCUT2D eigenvalue weighted by Crippen LogP contribution is -2.35. The molecule has 2 amide bonds. The highest BCUT2D eigenvalue weighted by Crippen LogP contribution is 2.28. The summed E-state index contributed by atoms with van der Waals surface area (Å²) < 4.78 is 0. The van der Waals surface area contributed by atoms with Gasteiger partial charge in [-0.25, -0.2) is 4.98 Å². The number of aromatic nitrogens is 1. The first-order valence-electron chi connectivity index (χ1n) is 7.46. The molecule has 1 aliphatic carbocycles. The Morgan fingerprint density at radius 3 is 2.57 bits per heavy atom. The number of nitrogens with zero attached hydrogens (tertiary/aromatic N) is 1. The van der Waals surface area contributed by atoms with Crippen molar-refractivity contribution >= 4 is 17.5 Å². The maximum absolute atomic E-state index is 11.9. The van der Waals surface area contributed by atoms with E-state index in [1.165, 1.54) is 0 Å². The van der Waals surface area contributed by atoms with Crippen LogP contribution in [0.2, 0.25) is 0 Å². The van der Waals surface area contributed by atoms with Crippen molar-refractivity contribution in [2.45, 2.75) is 26.2 Å². The van der Waals surface area contributed by atoms with Crippen LogP contribution in [0.4, 0.5) is 5.69 Å². The molecule has 0 aliphatic heterocycles. The predicted molar refractivity (Wildman–Crippen MR) is 81.1 cm³/mol. The van der Waals surface area contributed by atoms with E-state index in [0.29, 0.717) is 18.8 Å². The molecule has 1 aliphatic rings. The molecule has 0 atom stereocenters. The van der Waals surface area contributed by atoms with Gasteiger partial charge in [-0.05, 0) is 31.4 Å². The third kappa shape index (κ3) is 5.06. The van der Waals surface area contributed by atoms with Gasteiger partial charge in [-0.2, -0.15) is 0 Å². The van der Waals surface area contributed by atoms with Crippen LogP contribution >= 0.6 is 0 Å². The molecule has 1 saturated carbocycles. The zero-order chi connectivity index (χ0) is 15.1. The Morgan fingerprint density at radius 2 is 1.95 bits per heavy atom. The molecule has 0 saturated heterocycles. The minimum absolute atomic E-state index is 0.0914. The van der Waals surface area contributed by atoms with Crippen LogP contribution in [0.5, 0.6) is 0 Å². The molecular weight excluding hydrogens is 268 g/mol. The van der Waals surface area contributed by atoms with Gasteiger partial charge in [-0.15, -0.1) is 0 Å². The maximum atomic E-state index is 11.9. The molecule has 1 fully saturated rings. The quantitative estimate of drug-likeness (QED) is 0.627. The van der Waals surface area contributed by atoms with Gasteiger partial charge in [-0.3, -0.25) is 9.59 Å². The number of anilines is 1. The standard InChI is InChI=1S/C15H22N4O2/c1-2-7-16-12-5-6-13(19-10-12)15(21)18-9-8-17-14(20)11-3-4-11/h5-6,10-11,16H,2-4,7-9H2,1H3,(H,17,20)(H,18,21). The summed E-state index contributed by atoms with van der Waals surface area (Å²) in [7, 11) is 0. The minimum Gasteiger partial charge on any atom is -0.384 e. The number of carbonyl (C=O) groups is 2. The van der Waals surface area contributed by atoms with Crippen molar-refractivity contribution in [3.8, 4) is 0 Å². The van der Waals surface area contributed by atoms with Crippen LogP contribution in [0.25, 0.3) is 0 Å². The average molecular weight is 290 g/mol. The Hall–Kier alpha value is -2.11. The van der Waals surface area contributed by atoms with Crippen LogP contribution in [0.1, 0.15) is 36.7 Å². The SMILES string of the molecule is CCCNc1ccc(C(=O)NCCNC(=O)C2CC2)nc1. The average Bonchev–Trinajstić information content (AvgIpc) is 3.34. The van der Waals surface area contributed by atoms with Crippen LogP contribution in [0, 0.1) is 5.92 Å². The predicted octanol–water partition coefficient (Wildman–Crippen LogP) is 1.16. The van der Waals surface area contributed by atoms with E-state index >= 15 is 0 Å². The summed E-state index contributed by atoms with van der Waals surface area (Å²) in [6.07, 6.45) is 4.66. The van der Waals surface area contributed by atoms with Gasteiger partial charge < -0.3 is 16.0 Å². The van der Waals surface area contributed by atoms with E-state index in [4.69, 9.17) is 0 Å². The van der Waals surface area contributed by atoms with Gasteiger partial charge >= 0.3 is 0 Å². The zero-order valence-corrected chi connectivity index (χ0v) is 12.3. The van der Waals surface area contributed by atoms with E-state index in [2.05, 4.69) is 27.9 Å². The molecule has 1 aromatic heterocycles. The highest BCUT2D eigenvalue weighted by atomic mass is 16.2. The van der Waals surface area contributed by atoms with Crippen molar-refractivity contribution in [1.82, 2.24) is 15.6 Å². The van der Waals surface area contributed by atoms with E-state index in [9.17, 15) is 9.59 Å². The van der Waals surface area contributed by atoms with Crippen molar-refractivity contribution in [2.75, 3.05) is 25.0 Å². The van der Waals surface area contributed by atoms with Gasteiger partial charge in [0.1, 0.15) is 5.69 Å². The summed E-state index contributed by atoms with van der Waals surface area (Å²) in [6.45, 7) is 3.84. The van der Waals surface area contributed by atoms with Gasteiger partial charge in [-0.1, -0.05) is 6.92 Å². The van der Waals surface area contributed by atoms with Crippen LogP contribution < -0.4 is 16.0 Å². The molecule has 0 bridgehead atoms. The first-order chi connectivity index (χ1) is 10.2. The van der Waals surface area contributed by atoms with E-state index in [1.54, 1.807) is 12.3 Å². The summed E-state index contributed by atoms with van der Waals surface area (Å²) in [6, 6.07) is 3.53. The molecule has 6 nitrogen and oxygen atoms in total. The molecule has 1 aromatic rings. The van der Waals surface area contributed by atoms with Gasteiger partial charge in [0.05, 0.1) is 11.9 Å². The fourth-order valence-electron chi connectivity index (χ4n) is 1.84. The first-order valence-corrected chi connectivity index (χ1v) is 7.46. The smallest absolute Gasteiger partial charge is 0.269 e. The number of hydrogen-bond donors (Lipinski definition) is 3. The molecule has 1 heterocycles. The number of rotatable bonds is 8. The molecule has 0 aromatic carbocycles. The summed E-state index contributed by atoms with van der Waals surface area (Å²) in [5.74, 6) is 0.0666. The van der Waals surface area contributed by atoms with Crippen LogP contribution in [-0.4, -0.2) is 36.4 Å². The molecule has 0 radical (unpaired) electrons. The van der Waals surface area contributed by atoms with Crippen LogP contribution in [0.15, 0.2) is 18.3 Å². The lowest BCUT2D eigenvalue weighted by molar-refractivity contribution is -0.122. The van der Waals surface area contributed by atoms with Crippen LogP contribution in [0.3, 0.4) is 0 Å². The van der Waals surface area contributed by atoms with Gasteiger partial charge in [0.15, 0.2) is 0 Å². The molecular formula is C15H22N4O2. The van der Waals surface area contributed by atoms with Crippen molar-refractivity contribution in [3.63, 3.8) is 0 Å². The minimum atomic E-state index is -0.224. The number of carbonyl (C=O) groups excluding carboxylic acids is 2.